The molecule has 0 aliphatic carbocycles. The Bertz CT molecular complexity index is 1350. The second-order valence-electron chi connectivity index (χ2n) is 6.82. The highest BCUT2D eigenvalue weighted by molar-refractivity contribution is 7.20. The van der Waals surface area contributed by atoms with Gasteiger partial charge in [0, 0.05) is 21.1 Å². The van der Waals surface area contributed by atoms with Crippen LogP contribution in [-0.4, -0.2) is 21.6 Å². The van der Waals surface area contributed by atoms with Gasteiger partial charge >= 0.3 is 0 Å². The molecule has 0 aliphatic rings. The van der Waals surface area contributed by atoms with Crippen molar-refractivity contribution < 1.29 is 14.0 Å². The Hall–Kier alpha value is -2.94. The number of fused-ring (bicyclic) bond motifs is 1. The van der Waals surface area contributed by atoms with Crippen molar-refractivity contribution in [3.05, 3.63) is 80.0 Å². The van der Waals surface area contributed by atoms with Gasteiger partial charge in [-0.1, -0.05) is 29.3 Å². The minimum atomic E-state index is -0.910. The molecular formula is C21H15Cl2FN4O2S. The number of hydrogen-bond donors (Lipinski definition) is 2. The van der Waals surface area contributed by atoms with Crippen LogP contribution in [0.3, 0.4) is 0 Å². The van der Waals surface area contributed by atoms with Crippen LogP contribution in [0.2, 0.25) is 10.0 Å². The van der Waals surface area contributed by atoms with Crippen molar-refractivity contribution in [2.75, 3.05) is 5.32 Å². The van der Waals surface area contributed by atoms with Gasteiger partial charge in [0.2, 0.25) is 0 Å². The van der Waals surface area contributed by atoms with E-state index >= 15 is 0 Å². The zero-order valence-corrected chi connectivity index (χ0v) is 18.4. The lowest BCUT2D eigenvalue weighted by Gasteiger charge is -2.07. The number of halogens is 3. The van der Waals surface area contributed by atoms with Crippen molar-refractivity contribution in [2.45, 2.75) is 13.5 Å². The molecule has 4 aromatic rings. The van der Waals surface area contributed by atoms with E-state index in [0.717, 1.165) is 27.5 Å². The molecule has 0 atom stereocenters. The molecule has 10 heteroatoms. The van der Waals surface area contributed by atoms with Crippen LogP contribution in [0, 0.1) is 12.7 Å². The van der Waals surface area contributed by atoms with Crippen LogP contribution in [0.1, 0.15) is 31.3 Å². The van der Waals surface area contributed by atoms with E-state index in [1.165, 1.54) is 23.5 Å². The number of thiophene rings is 1. The molecule has 0 unspecified atom stereocenters. The number of rotatable bonds is 5. The number of aromatic nitrogens is 2. The van der Waals surface area contributed by atoms with Gasteiger partial charge < -0.3 is 11.1 Å². The summed E-state index contributed by atoms with van der Waals surface area (Å²) in [5, 5.41) is 9.14. The molecule has 2 heterocycles. The number of benzene rings is 2. The molecule has 0 saturated heterocycles. The number of carbonyl (C=O) groups excluding carboxylic acids is 2. The fourth-order valence-electron chi connectivity index (χ4n) is 3.13. The van der Waals surface area contributed by atoms with Crippen molar-refractivity contribution in [1.29, 1.82) is 0 Å². The summed E-state index contributed by atoms with van der Waals surface area (Å²) in [6.07, 6.45) is 0. The highest BCUT2D eigenvalue weighted by Crippen LogP contribution is 2.31. The largest absolute Gasteiger partial charge is 0.366 e. The second-order valence-corrected chi connectivity index (χ2v) is 8.70. The van der Waals surface area contributed by atoms with Gasteiger partial charge in [0.25, 0.3) is 11.8 Å². The van der Waals surface area contributed by atoms with Crippen LogP contribution in [-0.2, 0) is 6.54 Å². The Morgan fingerprint density at radius 3 is 2.68 bits per heavy atom. The number of anilines is 1. The van der Waals surface area contributed by atoms with E-state index in [2.05, 4.69) is 10.4 Å². The molecule has 0 spiro atoms. The van der Waals surface area contributed by atoms with E-state index in [0.29, 0.717) is 21.5 Å². The quantitative estimate of drug-likeness (QED) is 0.411. The molecule has 0 radical (unpaired) electrons. The molecule has 6 nitrogen and oxygen atoms in total. The lowest BCUT2D eigenvalue weighted by Crippen LogP contribution is -2.15. The summed E-state index contributed by atoms with van der Waals surface area (Å²) in [5.41, 5.74) is 6.76. The molecular weight excluding hydrogens is 462 g/mol. The van der Waals surface area contributed by atoms with Gasteiger partial charge in [-0.05, 0) is 48.9 Å². The van der Waals surface area contributed by atoms with E-state index < -0.39 is 17.6 Å². The summed E-state index contributed by atoms with van der Waals surface area (Å²) >= 11 is 13.5. The molecule has 3 N–H and O–H groups in total. The molecule has 0 saturated carbocycles. The van der Waals surface area contributed by atoms with Crippen LogP contribution in [0.4, 0.5) is 10.1 Å². The van der Waals surface area contributed by atoms with Crippen LogP contribution in [0.5, 0.6) is 0 Å². The van der Waals surface area contributed by atoms with Crippen molar-refractivity contribution in [3.63, 3.8) is 0 Å². The number of primary amides is 1. The normalized spacial score (nSPS) is 11.1. The molecule has 158 valence electrons. The fourth-order valence-corrected chi connectivity index (χ4v) is 4.65. The number of nitrogens with two attached hydrogens (primary N) is 1. The number of amides is 2. The van der Waals surface area contributed by atoms with Gasteiger partial charge in [-0.3, -0.25) is 14.3 Å². The third kappa shape index (κ3) is 4.27. The van der Waals surface area contributed by atoms with E-state index in [-0.39, 0.29) is 11.3 Å². The average molecular weight is 477 g/mol. The number of carbonyl (C=O) groups is 2. The lowest BCUT2D eigenvalue weighted by atomic mass is 10.1. The highest BCUT2D eigenvalue weighted by atomic mass is 35.5. The predicted molar refractivity (Wildman–Crippen MR) is 121 cm³/mol. The maximum atomic E-state index is 13.7. The maximum Gasteiger partial charge on any atom is 0.265 e. The third-order valence-electron chi connectivity index (χ3n) is 4.66. The van der Waals surface area contributed by atoms with Gasteiger partial charge in [0.05, 0.1) is 22.7 Å². The Morgan fingerprint density at radius 2 is 1.97 bits per heavy atom. The number of hydrogen-bond acceptors (Lipinski definition) is 4. The van der Waals surface area contributed by atoms with Crippen LogP contribution < -0.4 is 11.1 Å². The van der Waals surface area contributed by atoms with Crippen molar-refractivity contribution >= 4 is 62.3 Å². The topological polar surface area (TPSA) is 90.0 Å². The van der Waals surface area contributed by atoms with E-state index in [4.69, 9.17) is 28.9 Å². The van der Waals surface area contributed by atoms with Gasteiger partial charge in [-0.2, -0.15) is 5.10 Å². The third-order valence-corrected chi connectivity index (χ3v) is 6.39. The van der Waals surface area contributed by atoms with Gasteiger partial charge in [0.15, 0.2) is 0 Å². The minimum Gasteiger partial charge on any atom is -0.366 e. The van der Waals surface area contributed by atoms with Crippen LogP contribution >= 0.6 is 34.5 Å². The van der Waals surface area contributed by atoms with Gasteiger partial charge in [0.1, 0.15) is 10.6 Å². The van der Waals surface area contributed by atoms with Crippen LogP contribution in [0.25, 0.3) is 10.2 Å². The van der Waals surface area contributed by atoms with E-state index in [1.807, 2.05) is 13.0 Å². The molecule has 31 heavy (non-hydrogen) atoms. The predicted octanol–water partition coefficient (Wildman–Crippen LogP) is 5.25. The zero-order chi connectivity index (χ0) is 22.3. The second kappa shape index (κ2) is 8.30. The van der Waals surface area contributed by atoms with E-state index in [1.54, 1.807) is 22.9 Å². The Balaban J connectivity index is 1.62. The summed E-state index contributed by atoms with van der Waals surface area (Å²) in [4.78, 5) is 25.3. The minimum absolute atomic E-state index is 0.268. The van der Waals surface area contributed by atoms with Crippen molar-refractivity contribution in [2.24, 2.45) is 5.73 Å². The standard InChI is InChI=1S/C21H15Cl2FN4O2S/c1-10-14-8-18(20(30)26-13-4-5-17(24)15(7-13)19(25)29)31-21(14)28(27-10)9-11-2-3-12(22)6-16(11)23/h2-8H,9H2,1H3,(H2,25,29)(H,26,30). The molecule has 0 fully saturated rings. The molecule has 0 aliphatic heterocycles. The molecule has 2 aromatic heterocycles. The summed E-state index contributed by atoms with van der Waals surface area (Å²) in [7, 11) is 0. The fraction of sp³-hybridized carbons (Fsp3) is 0.0952. The number of nitrogens with zero attached hydrogens (tertiary/aromatic N) is 2. The highest BCUT2D eigenvalue weighted by Gasteiger charge is 2.18. The van der Waals surface area contributed by atoms with Gasteiger partial charge in [-0.25, -0.2) is 4.39 Å². The maximum absolute atomic E-state index is 13.7. The Labute approximate surface area is 190 Å². The zero-order valence-electron chi connectivity index (χ0n) is 16.1. The van der Waals surface area contributed by atoms with Gasteiger partial charge in [-0.15, -0.1) is 11.3 Å². The lowest BCUT2D eigenvalue weighted by molar-refractivity contribution is 0.0993. The molecule has 4 rings (SSSR count). The summed E-state index contributed by atoms with van der Waals surface area (Å²) < 4.78 is 15.4. The summed E-state index contributed by atoms with van der Waals surface area (Å²) in [6.45, 7) is 2.28. The SMILES string of the molecule is Cc1nn(Cc2ccc(Cl)cc2Cl)c2sc(C(=O)Nc3ccc(F)c(C(N)=O)c3)cc12. The number of aryl methyl sites for hydroxylation is 1. The summed E-state index contributed by atoms with van der Waals surface area (Å²) in [6, 6.07) is 10.7. The average Bonchev–Trinajstić information content (AvgIpc) is 3.27. The molecule has 2 amide bonds. The van der Waals surface area contributed by atoms with Crippen LogP contribution in [0.15, 0.2) is 42.5 Å². The van der Waals surface area contributed by atoms with Crippen molar-refractivity contribution in [1.82, 2.24) is 9.78 Å². The Kier molecular flexibility index (Phi) is 5.70. The summed E-state index contributed by atoms with van der Waals surface area (Å²) in [5.74, 6) is -2.05. The number of nitrogens with one attached hydrogen (secondary N) is 1. The molecule has 0 bridgehead atoms. The first kappa shape index (κ1) is 21.3. The first-order valence-electron chi connectivity index (χ1n) is 9.04. The first-order chi connectivity index (χ1) is 14.7. The molecule has 2 aromatic carbocycles. The van der Waals surface area contributed by atoms with E-state index in [9.17, 15) is 14.0 Å². The monoisotopic (exact) mass is 476 g/mol. The van der Waals surface area contributed by atoms with Crippen molar-refractivity contribution in [3.8, 4) is 0 Å². The smallest absolute Gasteiger partial charge is 0.265 e. The Morgan fingerprint density at radius 1 is 1.19 bits per heavy atom. The first-order valence-corrected chi connectivity index (χ1v) is 10.6.